The fraction of sp³-hybridized carbons (Fsp3) is 0.273. The number of imidazole rings is 1. The number of aromatic carboxylic acids is 1. The van der Waals surface area contributed by atoms with Crippen molar-refractivity contribution < 1.29 is 19.2 Å². The average Bonchev–Trinajstić information content (AvgIpc) is 2.98. The highest BCUT2D eigenvalue weighted by Gasteiger charge is 2.17. The largest absolute Gasteiger partial charge is 0.475 e. The van der Waals surface area contributed by atoms with Gasteiger partial charge in [-0.3, -0.25) is 4.79 Å². The van der Waals surface area contributed by atoms with Crippen molar-refractivity contribution in [1.29, 1.82) is 0 Å². The van der Waals surface area contributed by atoms with E-state index in [4.69, 9.17) is 5.11 Å². The molecule has 0 saturated heterocycles. The fourth-order valence-electron chi connectivity index (χ4n) is 1.54. The third-order valence-corrected chi connectivity index (χ3v) is 2.37. The van der Waals surface area contributed by atoms with E-state index >= 15 is 0 Å². The Hall–Kier alpha value is -2.64. The summed E-state index contributed by atoms with van der Waals surface area (Å²) in [6, 6.07) is 0.924. The van der Waals surface area contributed by atoms with E-state index in [0.717, 1.165) is 6.07 Å². The summed E-state index contributed by atoms with van der Waals surface area (Å²) in [6.45, 7) is 2.37. The summed E-state index contributed by atoms with van der Waals surface area (Å²) in [6.07, 6.45) is 5.06. The van der Waals surface area contributed by atoms with E-state index in [-0.39, 0.29) is 17.5 Å². The quantitative estimate of drug-likeness (QED) is 0.808. The molecule has 100 valence electrons. The molecule has 0 aromatic carbocycles. The van der Waals surface area contributed by atoms with Crippen LogP contribution in [0, 0.1) is 0 Å². The van der Waals surface area contributed by atoms with Crippen LogP contribution in [0.2, 0.25) is 0 Å². The topological polar surface area (TPSA) is 110 Å². The molecule has 0 saturated carbocycles. The SMILES string of the molecule is CC(Cn1ccnc1)NC(=O)c1cc(C(=O)O)on1. The van der Waals surface area contributed by atoms with E-state index in [9.17, 15) is 9.59 Å². The van der Waals surface area contributed by atoms with Crippen LogP contribution in [0.15, 0.2) is 29.3 Å². The van der Waals surface area contributed by atoms with Crippen molar-refractivity contribution in [3.05, 3.63) is 36.2 Å². The summed E-state index contributed by atoms with van der Waals surface area (Å²) < 4.78 is 6.32. The Morgan fingerprint density at radius 3 is 2.95 bits per heavy atom. The highest BCUT2D eigenvalue weighted by atomic mass is 16.5. The maximum absolute atomic E-state index is 11.8. The van der Waals surface area contributed by atoms with Crippen molar-refractivity contribution in [2.24, 2.45) is 0 Å². The number of rotatable bonds is 5. The van der Waals surface area contributed by atoms with Crippen LogP contribution in [0.25, 0.3) is 0 Å². The van der Waals surface area contributed by atoms with E-state index in [1.807, 2.05) is 11.5 Å². The zero-order valence-electron chi connectivity index (χ0n) is 10.1. The molecule has 1 amide bonds. The Morgan fingerprint density at radius 1 is 1.58 bits per heavy atom. The van der Waals surface area contributed by atoms with Crippen LogP contribution in [-0.2, 0) is 6.54 Å². The van der Waals surface area contributed by atoms with Crippen LogP contribution >= 0.6 is 0 Å². The van der Waals surface area contributed by atoms with Crippen molar-refractivity contribution >= 4 is 11.9 Å². The van der Waals surface area contributed by atoms with Gasteiger partial charge in [0.05, 0.1) is 6.33 Å². The van der Waals surface area contributed by atoms with Gasteiger partial charge in [-0.2, -0.15) is 0 Å². The predicted molar refractivity (Wildman–Crippen MR) is 62.6 cm³/mol. The minimum absolute atomic E-state index is 0.0603. The molecule has 0 aliphatic heterocycles. The average molecular weight is 264 g/mol. The first kappa shape index (κ1) is 12.8. The molecule has 0 fully saturated rings. The van der Waals surface area contributed by atoms with Crippen molar-refractivity contribution in [3.8, 4) is 0 Å². The predicted octanol–water partition coefficient (Wildman–Crippen LogP) is 0.388. The summed E-state index contributed by atoms with van der Waals surface area (Å²) in [7, 11) is 0. The number of hydrogen-bond donors (Lipinski definition) is 2. The molecule has 19 heavy (non-hydrogen) atoms. The third-order valence-electron chi connectivity index (χ3n) is 2.37. The van der Waals surface area contributed by atoms with Gasteiger partial charge >= 0.3 is 5.97 Å². The number of carboxylic acid groups (broad SMARTS) is 1. The molecule has 0 bridgehead atoms. The lowest BCUT2D eigenvalue weighted by atomic mass is 10.3. The molecule has 2 aromatic heterocycles. The summed E-state index contributed by atoms with van der Waals surface area (Å²) in [4.78, 5) is 26.3. The lowest BCUT2D eigenvalue weighted by Crippen LogP contribution is -2.35. The summed E-state index contributed by atoms with van der Waals surface area (Å²) in [5.41, 5.74) is -0.0603. The molecular weight excluding hydrogens is 252 g/mol. The molecule has 2 aromatic rings. The number of carbonyl (C=O) groups excluding carboxylic acids is 1. The highest BCUT2D eigenvalue weighted by molar-refractivity contribution is 5.94. The minimum Gasteiger partial charge on any atom is -0.475 e. The fourth-order valence-corrected chi connectivity index (χ4v) is 1.54. The number of amides is 1. The first-order valence-electron chi connectivity index (χ1n) is 5.53. The van der Waals surface area contributed by atoms with E-state index in [2.05, 4.69) is 20.0 Å². The second-order valence-electron chi connectivity index (χ2n) is 4.02. The second kappa shape index (κ2) is 5.34. The molecule has 2 N–H and O–H groups in total. The molecule has 2 heterocycles. The van der Waals surface area contributed by atoms with E-state index in [0.29, 0.717) is 6.54 Å². The molecule has 0 aliphatic carbocycles. The Balaban J connectivity index is 1.94. The molecule has 8 heteroatoms. The first-order valence-corrected chi connectivity index (χ1v) is 5.53. The highest BCUT2D eigenvalue weighted by Crippen LogP contribution is 2.04. The zero-order valence-corrected chi connectivity index (χ0v) is 10.1. The third kappa shape index (κ3) is 3.18. The van der Waals surface area contributed by atoms with Gasteiger partial charge < -0.3 is 19.5 Å². The van der Waals surface area contributed by atoms with Gasteiger partial charge in [-0.05, 0) is 6.92 Å². The molecule has 0 radical (unpaired) electrons. The van der Waals surface area contributed by atoms with Crippen LogP contribution < -0.4 is 5.32 Å². The van der Waals surface area contributed by atoms with Gasteiger partial charge in [-0.15, -0.1) is 0 Å². The van der Waals surface area contributed by atoms with Gasteiger partial charge in [-0.1, -0.05) is 5.16 Å². The number of hydrogen-bond acceptors (Lipinski definition) is 5. The number of carboxylic acids is 1. The lowest BCUT2D eigenvalue weighted by Gasteiger charge is -2.12. The van der Waals surface area contributed by atoms with E-state index in [1.54, 1.807) is 18.7 Å². The van der Waals surface area contributed by atoms with Crippen LogP contribution in [0.3, 0.4) is 0 Å². The number of carbonyl (C=O) groups is 2. The van der Waals surface area contributed by atoms with Gasteiger partial charge in [0.2, 0.25) is 5.76 Å². The van der Waals surface area contributed by atoms with E-state index < -0.39 is 11.9 Å². The first-order chi connectivity index (χ1) is 9.06. The zero-order chi connectivity index (χ0) is 13.8. The Bertz CT molecular complexity index is 575. The normalized spacial score (nSPS) is 12.1. The van der Waals surface area contributed by atoms with Crippen molar-refractivity contribution in [3.63, 3.8) is 0 Å². The van der Waals surface area contributed by atoms with Crippen LogP contribution in [0.4, 0.5) is 0 Å². The molecule has 0 aliphatic rings. The summed E-state index contributed by atoms with van der Waals surface area (Å²) in [5.74, 6) is -2.12. The maximum atomic E-state index is 11.8. The molecule has 1 atom stereocenters. The number of nitrogens with one attached hydrogen (secondary N) is 1. The lowest BCUT2D eigenvalue weighted by molar-refractivity contribution is 0.0651. The maximum Gasteiger partial charge on any atom is 0.374 e. The smallest absolute Gasteiger partial charge is 0.374 e. The van der Waals surface area contributed by atoms with Gasteiger partial charge in [0.25, 0.3) is 5.91 Å². The molecule has 8 nitrogen and oxygen atoms in total. The molecule has 2 rings (SSSR count). The van der Waals surface area contributed by atoms with Crippen molar-refractivity contribution in [1.82, 2.24) is 20.0 Å². The van der Waals surface area contributed by atoms with Gasteiger partial charge in [0.1, 0.15) is 0 Å². The molecule has 1 unspecified atom stereocenters. The second-order valence-corrected chi connectivity index (χ2v) is 4.02. The summed E-state index contributed by atoms with van der Waals surface area (Å²) in [5, 5.41) is 14.7. The molecule has 0 spiro atoms. The van der Waals surface area contributed by atoms with Gasteiger partial charge in [0.15, 0.2) is 5.69 Å². The van der Waals surface area contributed by atoms with Gasteiger partial charge in [0, 0.05) is 31.0 Å². The van der Waals surface area contributed by atoms with Crippen LogP contribution in [0.5, 0.6) is 0 Å². The Labute approximate surface area is 108 Å². The van der Waals surface area contributed by atoms with Crippen molar-refractivity contribution in [2.75, 3.05) is 0 Å². The Morgan fingerprint density at radius 2 is 2.37 bits per heavy atom. The number of aromatic nitrogens is 3. The standard InChI is InChI=1S/C11H12N4O4/c1-7(5-15-3-2-12-6-15)13-10(16)8-4-9(11(17)18)19-14-8/h2-4,6-7H,5H2,1H3,(H,13,16)(H,17,18). The minimum atomic E-state index is -1.27. The van der Waals surface area contributed by atoms with Gasteiger partial charge in [-0.25, -0.2) is 9.78 Å². The monoisotopic (exact) mass is 264 g/mol. The summed E-state index contributed by atoms with van der Waals surface area (Å²) >= 11 is 0. The van der Waals surface area contributed by atoms with Crippen molar-refractivity contribution in [2.45, 2.75) is 19.5 Å². The van der Waals surface area contributed by atoms with Crippen LogP contribution in [-0.4, -0.2) is 37.7 Å². The number of nitrogens with zero attached hydrogens (tertiary/aromatic N) is 3. The van der Waals surface area contributed by atoms with Crippen LogP contribution in [0.1, 0.15) is 28.0 Å². The molecular formula is C11H12N4O4. The Kier molecular flexibility index (Phi) is 3.60. The van der Waals surface area contributed by atoms with E-state index in [1.165, 1.54) is 0 Å².